The summed E-state index contributed by atoms with van der Waals surface area (Å²) in [7, 11) is 0. The van der Waals surface area contributed by atoms with E-state index in [9.17, 15) is 0 Å². The summed E-state index contributed by atoms with van der Waals surface area (Å²) in [4.78, 5) is 7.22. The zero-order valence-corrected chi connectivity index (χ0v) is 15.2. The van der Waals surface area contributed by atoms with Crippen molar-refractivity contribution in [3.63, 3.8) is 0 Å². The fraction of sp³-hybridized carbons (Fsp3) is 0.929. The van der Waals surface area contributed by atoms with Gasteiger partial charge >= 0.3 is 0 Å². The number of likely N-dealkylation sites (tertiary alicyclic amines) is 1. The molecular weight excluding hydrogens is 351 g/mol. The first-order chi connectivity index (χ1) is 8.61. The van der Waals surface area contributed by atoms with Gasteiger partial charge in [-0.2, -0.15) is 0 Å². The van der Waals surface area contributed by atoms with Gasteiger partial charge in [0.1, 0.15) is 0 Å². The van der Waals surface area contributed by atoms with E-state index in [0.717, 1.165) is 19.0 Å². The maximum absolute atomic E-state index is 4.66. The predicted octanol–water partition coefficient (Wildman–Crippen LogP) is 2.30. The minimum absolute atomic E-state index is 0. The minimum atomic E-state index is 0. The van der Waals surface area contributed by atoms with E-state index in [-0.39, 0.29) is 24.0 Å². The van der Waals surface area contributed by atoms with Crippen molar-refractivity contribution in [3.05, 3.63) is 0 Å². The molecule has 0 bridgehead atoms. The molecule has 0 radical (unpaired) electrons. The summed E-state index contributed by atoms with van der Waals surface area (Å²) in [5.41, 5.74) is 0. The van der Waals surface area contributed by atoms with Gasteiger partial charge in [-0.05, 0) is 52.6 Å². The summed E-state index contributed by atoms with van der Waals surface area (Å²) in [5.74, 6) is 1.58. The molecular formula is C14H31IN4. The number of nitrogens with zero attached hydrogens (tertiary/aromatic N) is 2. The summed E-state index contributed by atoms with van der Waals surface area (Å²) in [6.45, 7) is 14.2. The fourth-order valence-corrected chi connectivity index (χ4v) is 2.30. The molecule has 0 aromatic carbocycles. The molecule has 0 spiro atoms. The summed E-state index contributed by atoms with van der Waals surface area (Å²) in [6, 6.07) is 0.427. The van der Waals surface area contributed by atoms with Gasteiger partial charge in [0, 0.05) is 25.7 Å². The molecule has 114 valence electrons. The highest BCUT2D eigenvalue weighted by molar-refractivity contribution is 14.0. The molecule has 2 N–H and O–H groups in total. The number of rotatable bonds is 6. The Morgan fingerprint density at radius 3 is 2.37 bits per heavy atom. The first kappa shape index (κ1) is 19.0. The van der Waals surface area contributed by atoms with Crippen molar-refractivity contribution < 1.29 is 0 Å². The third kappa shape index (κ3) is 8.68. The third-order valence-electron chi connectivity index (χ3n) is 3.10. The topological polar surface area (TPSA) is 39.7 Å². The lowest BCUT2D eigenvalue weighted by Crippen LogP contribution is -2.41. The Balaban J connectivity index is 0.00000324. The molecule has 4 nitrogen and oxygen atoms in total. The van der Waals surface area contributed by atoms with Gasteiger partial charge in [0.25, 0.3) is 0 Å². The largest absolute Gasteiger partial charge is 0.357 e. The molecule has 1 aliphatic heterocycles. The Morgan fingerprint density at radius 2 is 1.84 bits per heavy atom. The molecule has 0 aromatic heterocycles. The Labute approximate surface area is 135 Å². The van der Waals surface area contributed by atoms with Crippen molar-refractivity contribution >= 4 is 29.9 Å². The second kappa shape index (κ2) is 10.7. The average Bonchev–Trinajstić information content (AvgIpc) is 2.78. The summed E-state index contributed by atoms with van der Waals surface area (Å²) >= 11 is 0. The van der Waals surface area contributed by atoms with Crippen LogP contribution < -0.4 is 10.6 Å². The van der Waals surface area contributed by atoms with Crippen LogP contribution in [0.2, 0.25) is 0 Å². The molecule has 0 aliphatic carbocycles. The maximum Gasteiger partial charge on any atom is 0.191 e. The lowest BCUT2D eigenvalue weighted by molar-refractivity contribution is 0.291. The van der Waals surface area contributed by atoms with Gasteiger partial charge in [-0.15, -0.1) is 24.0 Å². The highest BCUT2D eigenvalue weighted by Gasteiger charge is 2.14. The van der Waals surface area contributed by atoms with Crippen LogP contribution in [-0.2, 0) is 0 Å². The number of guanidine groups is 1. The highest BCUT2D eigenvalue weighted by Crippen LogP contribution is 2.10. The first-order valence-corrected chi connectivity index (χ1v) is 7.39. The molecule has 1 fully saturated rings. The Kier molecular flexibility index (Phi) is 10.7. The standard InChI is InChI=1S/C14H30N4.HI/c1-5-15-14(17-12(2)3)16-10-13(4)11-18-8-6-7-9-18;/h12-13H,5-11H2,1-4H3,(H2,15,16,17);1H. The summed E-state index contributed by atoms with van der Waals surface area (Å²) < 4.78 is 0. The van der Waals surface area contributed by atoms with Crippen molar-refractivity contribution in [2.24, 2.45) is 10.9 Å². The number of aliphatic imine (C=N–C) groups is 1. The van der Waals surface area contributed by atoms with E-state index in [2.05, 4.69) is 48.2 Å². The zero-order chi connectivity index (χ0) is 13.4. The van der Waals surface area contributed by atoms with Crippen LogP contribution in [-0.4, -0.2) is 49.6 Å². The Hall–Kier alpha value is -0.0400. The molecule has 0 amide bonds. The molecule has 1 rings (SSSR count). The number of nitrogens with one attached hydrogen (secondary N) is 2. The molecule has 0 saturated carbocycles. The fourth-order valence-electron chi connectivity index (χ4n) is 2.30. The molecule has 0 aromatic rings. The zero-order valence-electron chi connectivity index (χ0n) is 12.9. The Bertz CT molecular complexity index is 250. The number of hydrogen-bond donors (Lipinski definition) is 2. The lowest BCUT2D eigenvalue weighted by atomic mass is 10.2. The normalized spacial score (nSPS) is 18.3. The van der Waals surface area contributed by atoms with Crippen LogP contribution in [0.5, 0.6) is 0 Å². The molecule has 1 atom stereocenters. The van der Waals surface area contributed by atoms with E-state index in [1.807, 2.05) is 0 Å². The van der Waals surface area contributed by atoms with Gasteiger partial charge in [-0.1, -0.05) is 6.92 Å². The third-order valence-corrected chi connectivity index (χ3v) is 3.10. The van der Waals surface area contributed by atoms with E-state index >= 15 is 0 Å². The van der Waals surface area contributed by atoms with E-state index in [1.165, 1.54) is 32.5 Å². The van der Waals surface area contributed by atoms with E-state index in [4.69, 9.17) is 0 Å². The van der Waals surface area contributed by atoms with E-state index in [0.29, 0.717) is 12.0 Å². The predicted molar refractivity (Wildman–Crippen MR) is 94.5 cm³/mol. The van der Waals surface area contributed by atoms with Crippen molar-refractivity contribution in [1.29, 1.82) is 0 Å². The first-order valence-electron chi connectivity index (χ1n) is 7.39. The maximum atomic E-state index is 4.66. The van der Waals surface area contributed by atoms with Crippen molar-refractivity contribution in [2.45, 2.75) is 46.6 Å². The van der Waals surface area contributed by atoms with E-state index in [1.54, 1.807) is 0 Å². The highest BCUT2D eigenvalue weighted by atomic mass is 127. The molecule has 19 heavy (non-hydrogen) atoms. The Morgan fingerprint density at radius 1 is 1.21 bits per heavy atom. The number of hydrogen-bond acceptors (Lipinski definition) is 2. The summed E-state index contributed by atoms with van der Waals surface area (Å²) in [5, 5.41) is 6.64. The molecule has 1 unspecified atom stereocenters. The number of halogens is 1. The molecule has 1 heterocycles. The van der Waals surface area contributed by atoms with Crippen LogP contribution in [0.1, 0.15) is 40.5 Å². The minimum Gasteiger partial charge on any atom is -0.357 e. The summed E-state index contributed by atoms with van der Waals surface area (Å²) in [6.07, 6.45) is 2.74. The molecule has 1 aliphatic rings. The van der Waals surface area contributed by atoms with Crippen LogP contribution in [0, 0.1) is 5.92 Å². The van der Waals surface area contributed by atoms with E-state index < -0.39 is 0 Å². The van der Waals surface area contributed by atoms with Gasteiger partial charge in [0.15, 0.2) is 5.96 Å². The van der Waals surface area contributed by atoms with Crippen molar-refractivity contribution in [2.75, 3.05) is 32.7 Å². The monoisotopic (exact) mass is 382 g/mol. The lowest BCUT2D eigenvalue weighted by Gasteiger charge is -2.20. The van der Waals surface area contributed by atoms with Gasteiger partial charge in [-0.25, -0.2) is 0 Å². The molecule has 1 saturated heterocycles. The second-order valence-electron chi connectivity index (χ2n) is 5.63. The quantitative estimate of drug-likeness (QED) is 0.421. The van der Waals surface area contributed by atoms with Gasteiger partial charge in [-0.3, -0.25) is 4.99 Å². The van der Waals surface area contributed by atoms with Crippen LogP contribution in [0.15, 0.2) is 4.99 Å². The van der Waals surface area contributed by atoms with Crippen LogP contribution >= 0.6 is 24.0 Å². The van der Waals surface area contributed by atoms with Crippen LogP contribution in [0.3, 0.4) is 0 Å². The second-order valence-corrected chi connectivity index (χ2v) is 5.63. The van der Waals surface area contributed by atoms with Crippen LogP contribution in [0.25, 0.3) is 0 Å². The van der Waals surface area contributed by atoms with Gasteiger partial charge < -0.3 is 15.5 Å². The van der Waals surface area contributed by atoms with Gasteiger partial charge in [0.05, 0.1) is 0 Å². The average molecular weight is 382 g/mol. The smallest absolute Gasteiger partial charge is 0.191 e. The van der Waals surface area contributed by atoms with Crippen LogP contribution in [0.4, 0.5) is 0 Å². The van der Waals surface area contributed by atoms with Crippen molar-refractivity contribution in [3.8, 4) is 0 Å². The SMILES string of the molecule is CCNC(=NCC(C)CN1CCCC1)NC(C)C.I. The van der Waals surface area contributed by atoms with Crippen molar-refractivity contribution in [1.82, 2.24) is 15.5 Å². The van der Waals surface area contributed by atoms with Gasteiger partial charge in [0.2, 0.25) is 0 Å². The molecule has 5 heteroatoms.